The molecule has 0 radical (unpaired) electrons. The normalized spacial score (nSPS) is 14.5. The second-order valence-corrected chi connectivity index (χ2v) is 6.01. The first-order valence-electron chi connectivity index (χ1n) is 8.14. The highest BCUT2D eigenvalue weighted by Crippen LogP contribution is 2.26. The molecule has 3 rings (SSSR count). The third kappa shape index (κ3) is 4.41. The van der Waals surface area contributed by atoms with E-state index in [2.05, 4.69) is 15.0 Å². The summed E-state index contributed by atoms with van der Waals surface area (Å²) in [7, 11) is 0. The Bertz CT molecular complexity index is 830. The molecule has 1 amide bonds. The van der Waals surface area contributed by atoms with Gasteiger partial charge in [-0.2, -0.15) is 0 Å². The molecule has 1 N–H and O–H groups in total. The molecule has 7 heteroatoms. The van der Waals surface area contributed by atoms with Gasteiger partial charge in [0.15, 0.2) is 0 Å². The van der Waals surface area contributed by atoms with E-state index in [1.54, 1.807) is 13.0 Å². The molecular weight excluding hydrogens is 345 g/mol. The van der Waals surface area contributed by atoms with Crippen LogP contribution in [0.1, 0.15) is 40.9 Å². The van der Waals surface area contributed by atoms with E-state index in [-0.39, 0.29) is 17.7 Å². The Labute approximate surface area is 148 Å². The molecule has 0 spiro atoms. The SMILES string of the molecule is CC(NC(=O)c1ccc2c(c1)CCC=N2)c1ccc(OC(F)(F)F)cc1. The summed E-state index contributed by atoms with van der Waals surface area (Å²) in [4.78, 5) is 16.7. The van der Waals surface area contributed by atoms with Gasteiger partial charge in [0.2, 0.25) is 0 Å². The number of halogens is 3. The van der Waals surface area contributed by atoms with Gasteiger partial charge in [-0.3, -0.25) is 9.79 Å². The van der Waals surface area contributed by atoms with Crippen molar-refractivity contribution in [1.29, 1.82) is 0 Å². The Morgan fingerprint density at radius 2 is 1.92 bits per heavy atom. The molecule has 136 valence electrons. The van der Waals surface area contributed by atoms with Crippen LogP contribution in [0.3, 0.4) is 0 Å². The van der Waals surface area contributed by atoms with E-state index < -0.39 is 6.36 Å². The zero-order valence-electron chi connectivity index (χ0n) is 14.0. The van der Waals surface area contributed by atoms with Gasteiger partial charge >= 0.3 is 6.36 Å². The highest BCUT2D eigenvalue weighted by molar-refractivity contribution is 5.95. The number of ether oxygens (including phenoxy) is 1. The number of fused-ring (bicyclic) bond motifs is 1. The van der Waals surface area contributed by atoms with E-state index in [0.717, 1.165) is 24.1 Å². The third-order valence-corrected chi connectivity index (χ3v) is 4.08. The van der Waals surface area contributed by atoms with Crippen LogP contribution in [-0.2, 0) is 6.42 Å². The zero-order chi connectivity index (χ0) is 18.7. The van der Waals surface area contributed by atoms with Gasteiger partial charge in [-0.05, 0) is 61.2 Å². The van der Waals surface area contributed by atoms with Crippen LogP contribution in [0.25, 0.3) is 0 Å². The van der Waals surface area contributed by atoms with Crippen molar-refractivity contribution in [2.45, 2.75) is 32.2 Å². The van der Waals surface area contributed by atoms with Crippen LogP contribution in [0.2, 0.25) is 0 Å². The molecule has 1 atom stereocenters. The van der Waals surface area contributed by atoms with Gasteiger partial charge < -0.3 is 10.1 Å². The molecule has 0 saturated heterocycles. The molecule has 1 aliphatic heterocycles. The molecule has 1 unspecified atom stereocenters. The predicted octanol–water partition coefficient (Wildman–Crippen LogP) is 4.72. The van der Waals surface area contributed by atoms with Crippen LogP contribution in [0.15, 0.2) is 47.5 Å². The van der Waals surface area contributed by atoms with Crippen LogP contribution >= 0.6 is 0 Å². The first kappa shape index (κ1) is 18.0. The lowest BCUT2D eigenvalue weighted by Crippen LogP contribution is -2.26. The maximum atomic E-state index is 12.4. The number of aliphatic imine (C=N–C) groups is 1. The van der Waals surface area contributed by atoms with Crippen LogP contribution in [0, 0.1) is 0 Å². The van der Waals surface area contributed by atoms with Gasteiger partial charge in [0.05, 0.1) is 11.7 Å². The maximum absolute atomic E-state index is 12.4. The number of rotatable bonds is 4. The summed E-state index contributed by atoms with van der Waals surface area (Å²) < 4.78 is 40.4. The van der Waals surface area contributed by atoms with Crippen molar-refractivity contribution in [1.82, 2.24) is 5.32 Å². The third-order valence-electron chi connectivity index (χ3n) is 4.08. The lowest BCUT2D eigenvalue weighted by molar-refractivity contribution is -0.274. The van der Waals surface area contributed by atoms with Gasteiger partial charge in [0, 0.05) is 11.8 Å². The van der Waals surface area contributed by atoms with Gasteiger partial charge in [-0.25, -0.2) is 0 Å². The molecule has 0 bridgehead atoms. The zero-order valence-corrected chi connectivity index (χ0v) is 14.0. The lowest BCUT2D eigenvalue weighted by atomic mass is 10.0. The molecule has 0 saturated carbocycles. The van der Waals surface area contributed by atoms with E-state index in [4.69, 9.17) is 0 Å². The van der Waals surface area contributed by atoms with Gasteiger partial charge in [-0.15, -0.1) is 13.2 Å². The van der Waals surface area contributed by atoms with E-state index in [1.165, 1.54) is 24.3 Å². The Kier molecular flexibility index (Phi) is 4.97. The average Bonchev–Trinajstić information content (AvgIpc) is 2.60. The molecule has 0 aliphatic carbocycles. The van der Waals surface area contributed by atoms with Crippen molar-refractivity contribution in [2.75, 3.05) is 0 Å². The number of benzene rings is 2. The van der Waals surface area contributed by atoms with Crippen molar-refractivity contribution < 1.29 is 22.7 Å². The van der Waals surface area contributed by atoms with E-state index in [0.29, 0.717) is 11.1 Å². The Morgan fingerprint density at radius 3 is 2.62 bits per heavy atom. The number of aryl methyl sites for hydroxylation is 1. The Morgan fingerprint density at radius 1 is 1.19 bits per heavy atom. The average molecular weight is 362 g/mol. The standard InChI is InChI=1S/C19H17F3N2O2/c1-12(13-4-7-16(8-5-13)26-19(20,21)22)24-18(25)15-6-9-17-14(11-15)3-2-10-23-17/h4-12H,2-3H2,1H3,(H,24,25). The highest BCUT2D eigenvalue weighted by atomic mass is 19.4. The maximum Gasteiger partial charge on any atom is 0.573 e. The molecule has 26 heavy (non-hydrogen) atoms. The molecular formula is C19H17F3N2O2. The Hall–Kier alpha value is -2.83. The van der Waals surface area contributed by atoms with Crippen molar-refractivity contribution in [3.05, 3.63) is 59.2 Å². The fourth-order valence-corrected chi connectivity index (χ4v) is 2.76. The van der Waals surface area contributed by atoms with Crippen molar-refractivity contribution in [2.24, 2.45) is 4.99 Å². The van der Waals surface area contributed by atoms with Crippen molar-refractivity contribution in [3.63, 3.8) is 0 Å². The second kappa shape index (κ2) is 7.19. The fraction of sp³-hybridized carbons (Fsp3) is 0.263. The highest BCUT2D eigenvalue weighted by Gasteiger charge is 2.31. The minimum atomic E-state index is -4.72. The molecule has 0 aromatic heterocycles. The summed E-state index contributed by atoms with van der Waals surface area (Å²) in [5, 5.41) is 2.85. The number of hydrogen-bond donors (Lipinski definition) is 1. The summed E-state index contributed by atoms with van der Waals surface area (Å²) in [5.74, 6) is -0.541. The van der Waals surface area contributed by atoms with E-state index in [1.807, 2.05) is 18.3 Å². The van der Waals surface area contributed by atoms with Crippen molar-refractivity contribution >= 4 is 17.8 Å². The fourth-order valence-electron chi connectivity index (χ4n) is 2.76. The van der Waals surface area contributed by atoms with Crippen LogP contribution in [0.5, 0.6) is 5.75 Å². The summed E-state index contributed by atoms with van der Waals surface area (Å²) >= 11 is 0. The van der Waals surface area contributed by atoms with Gasteiger partial charge in [-0.1, -0.05) is 12.1 Å². The number of nitrogens with zero attached hydrogens (tertiary/aromatic N) is 1. The van der Waals surface area contributed by atoms with Crippen molar-refractivity contribution in [3.8, 4) is 5.75 Å². The minimum Gasteiger partial charge on any atom is -0.406 e. The molecule has 1 aliphatic rings. The van der Waals surface area contributed by atoms with E-state index in [9.17, 15) is 18.0 Å². The van der Waals surface area contributed by atoms with Crippen LogP contribution in [0.4, 0.5) is 18.9 Å². The summed E-state index contributed by atoms with van der Waals surface area (Å²) in [6, 6.07) is 10.4. The first-order chi connectivity index (χ1) is 12.3. The number of nitrogens with one attached hydrogen (secondary N) is 1. The summed E-state index contributed by atoms with van der Waals surface area (Å²) in [6.07, 6.45) is -1.18. The van der Waals surface area contributed by atoms with E-state index >= 15 is 0 Å². The monoisotopic (exact) mass is 362 g/mol. The number of alkyl halides is 3. The second-order valence-electron chi connectivity index (χ2n) is 6.01. The minimum absolute atomic E-state index is 0.245. The first-order valence-corrected chi connectivity index (χ1v) is 8.14. The quantitative estimate of drug-likeness (QED) is 0.855. The smallest absolute Gasteiger partial charge is 0.406 e. The topological polar surface area (TPSA) is 50.7 Å². The Balaban J connectivity index is 1.66. The number of hydrogen-bond acceptors (Lipinski definition) is 3. The molecule has 2 aromatic carbocycles. The molecule has 0 fully saturated rings. The summed E-state index contributed by atoms with van der Waals surface area (Å²) in [6.45, 7) is 1.76. The van der Waals surface area contributed by atoms with Crippen LogP contribution in [-0.4, -0.2) is 18.5 Å². The largest absolute Gasteiger partial charge is 0.573 e. The van der Waals surface area contributed by atoms with Gasteiger partial charge in [0.1, 0.15) is 5.75 Å². The molecule has 1 heterocycles. The van der Waals surface area contributed by atoms with Crippen LogP contribution < -0.4 is 10.1 Å². The van der Waals surface area contributed by atoms with Gasteiger partial charge in [0.25, 0.3) is 5.91 Å². The predicted molar refractivity (Wildman–Crippen MR) is 91.9 cm³/mol. The lowest BCUT2D eigenvalue weighted by Gasteiger charge is -2.16. The summed E-state index contributed by atoms with van der Waals surface area (Å²) in [5.41, 5.74) is 3.11. The molecule has 2 aromatic rings. The number of carbonyl (C=O) groups excluding carboxylic acids is 1. The molecule has 4 nitrogen and oxygen atoms in total. The number of carbonyl (C=O) groups is 1. The number of amides is 1.